The van der Waals surface area contributed by atoms with Crippen LogP contribution in [-0.4, -0.2) is 75.5 Å². The van der Waals surface area contributed by atoms with Crippen molar-refractivity contribution in [3.05, 3.63) is 12.7 Å². The van der Waals surface area contributed by atoms with E-state index in [1.165, 1.54) is 10.9 Å². The minimum atomic E-state index is -5.72. The number of imidazole rings is 1. The van der Waals surface area contributed by atoms with Crippen LogP contribution in [0, 0.1) is 0 Å². The number of fused-ring (bicyclic) bond motifs is 1. The molecular weight excluding hydrogens is 517 g/mol. The number of carbonyl (C=O) groups excluding carboxylic acids is 1. The minimum Gasteiger partial charge on any atom is -0.388 e. The summed E-state index contributed by atoms with van der Waals surface area (Å²) < 4.78 is 52.5. The lowest BCUT2D eigenvalue weighted by molar-refractivity contribution is -0.111. The molecule has 0 spiro atoms. The van der Waals surface area contributed by atoms with E-state index in [4.69, 9.17) is 20.3 Å². The SMILES string of the molecule is Nc1ncnc2c1ncn2[C@@H]1O[C@H](COP(=O)(O)OP(=O)(O)OP(=O)(O)O)[C@@H](O)[C@H]1NC=O. The number of nitrogen functional groups attached to an aromatic ring is 1. The summed E-state index contributed by atoms with van der Waals surface area (Å²) in [5.41, 5.74) is 6.08. The van der Waals surface area contributed by atoms with Crippen molar-refractivity contribution in [2.75, 3.05) is 12.3 Å². The number of hydrogen-bond acceptors (Lipinski definition) is 13. The Morgan fingerprint density at radius 1 is 1.15 bits per heavy atom. The average molecular weight is 534 g/mol. The molecule has 2 aromatic rings. The van der Waals surface area contributed by atoms with Crippen LogP contribution in [0.4, 0.5) is 5.82 Å². The molecule has 0 aromatic carbocycles. The molecule has 1 fully saturated rings. The number of aromatic nitrogens is 4. The smallest absolute Gasteiger partial charge is 0.388 e. The van der Waals surface area contributed by atoms with Crippen LogP contribution in [0.5, 0.6) is 0 Å². The van der Waals surface area contributed by atoms with Crippen molar-refractivity contribution in [1.29, 1.82) is 0 Å². The summed E-state index contributed by atoms with van der Waals surface area (Å²) in [6.45, 7) is -0.942. The normalized spacial score (nSPS) is 27.2. The monoisotopic (exact) mass is 534 g/mol. The predicted molar refractivity (Wildman–Crippen MR) is 102 cm³/mol. The van der Waals surface area contributed by atoms with Crippen molar-refractivity contribution >= 4 is 46.9 Å². The maximum Gasteiger partial charge on any atom is 0.490 e. The van der Waals surface area contributed by atoms with Crippen molar-refractivity contribution in [2.24, 2.45) is 0 Å². The molecule has 1 amide bonds. The van der Waals surface area contributed by atoms with Crippen molar-refractivity contribution in [1.82, 2.24) is 24.8 Å². The molecule has 0 saturated carbocycles. The Kier molecular flexibility index (Phi) is 7.36. The van der Waals surface area contributed by atoms with Gasteiger partial charge in [-0.25, -0.2) is 28.6 Å². The number of phosphoric acid groups is 3. The molecule has 1 aliphatic heterocycles. The first-order valence-electron chi connectivity index (χ1n) is 8.47. The van der Waals surface area contributed by atoms with E-state index in [0.29, 0.717) is 0 Å². The Labute approximate surface area is 183 Å². The number of anilines is 1. The van der Waals surface area contributed by atoms with Crippen molar-refractivity contribution in [3.8, 4) is 0 Å². The summed E-state index contributed by atoms with van der Waals surface area (Å²) >= 11 is 0. The summed E-state index contributed by atoms with van der Waals surface area (Å²) in [5, 5.41) is 12.8. The number of ether oxygens (including phenoxy) is 1. The third-order valence-electron chi connectivity index (χ3n) is 4.11. The molecular formula is C11H17N6O13P3. The van der Waals surface area contributed by atoms with Gasteiger partial charge in [-0.15, -0.1) is 0 Å². The maximum absolute atomic E-state index is 11.9. The number of carbonyl (C=O) groups is 1. The number of rotatable bonds is 10. The second-order valence-corrected chi connectivity index (χ2v) is 10.8. The first-order chi connectivity index (χ1) is 15.2. The molecule has 1 saturated heterocycles. The predicted octanol–water partition coefficient (Wildman–Crippen LogP) is -1.88. The first kappa shape index (κ1) is 25.8. The Balaban J connectivity index is 1.76. The Hall–Kier alpha value is -1.85. The number of nitrogens with one attached hydrogen (secondary N) is 1. The topological polar surface area (TPSA) is 288 Å². The van der Waals surface area contributed by atoms with E-state index in [1.807, 2.05) is 0 Å². The van der Waals surface area contributed by atoms with Gasteiger partial charge in [0.15, 0.2) is 17.7 Å². The number of phosphoric ester groups is 1. The Bertz CT molecular complexity index is 1170. The Morgan fingerprint density at radius 3 is 2.48 bits per heavy atom. The third kappa shape index (κ3) is 6.19. The standard InChI is InChI=1S/C11H17N6O13P3/c12-9-7-10(14-2-13-9)17(3-15-7)11-6(16-4-18)8(19)5(28-11)1-27-32(23,24)30-33(25,26)29-31(20,21)22/h2-6,8,11,19H,1H2,(H,16,18)(H,23,24)(H,25,26)(H2,12,13,14)(H2,20,21,22)/t5-,6-,8-,11-/m1/s1. The van der Waals surface area contributed by atoms with Gasteiger partial charge in [0.05, 0.1) is 12.9 Å². The fraction of sp³-hybridized carbons (Fsp3) is 0.455. The zero-order valence-electron chi connectivity index (χ0n) is 16.0. The largest absolute Gasteiger partial charge is 0.490 e. The molecule has 1 aliphatic rings. The van der Waals surface area contributed by atoms with E-state index in [2.05, 4.69) is 33.4 Å². The molecule has 22 heteroatoms. The molecule has 33 heavy (non-hydrogen) atoms. The van der Waals surface area contributed by atoms with Crippen molar-refractivity contribution in [2.45, 2.75) is 24.5 Å². The van der Waals surface area contributed by atoms with Gasteiger partial charge in [0.2, 0.25) is 6.41 Å². The summed E-state index contributed by atoms with van der Waals surface area (Å²) in [6.07, 6.45) is -1.51. The van der Waals surface area contributed by atoms with E-state index in [-0.39, 0.29) is 23.4 Å². The van der Waals surface area contributed by atoms with E-state index in [1.54, 1.807) is 0 Å². The lowest BCUT2D eigenvalue weighted by Gasteiger charge is -2.20. The van der Waals surface area contributed by atoms with E-state index in [9.17, 15) is 33.4 Å². The highest BCUT2D eigenvalue weighted by molar-refractivity contribution is 7.66. The molecule has 0 bridgehead atoms. The number of aliphatic hydroxyl groups excluding tert-OH is 1. The van der Waals surface area contributed by atoms with Gasteiger partial charge >= 0.3 is 23.5 Å². The van der Waals surface area contributed by atoms with E-state index >= 15 is 0 Å². The summed E-state index contributed by atoms with van der Waals surface area (Å²) in [6, 6.07) is -1.15. The second kappa shape index (κ2) is 9.42. The van der Waals surface area contributed by atoms with Crippen LogP contribution in [0.1, 0.15) is 6.23 Å². The zero-order chi connectivity index (χ0) is 24.6. The van der Waals surface area contributed by atoms with Gasteiger partial charge in [0.1, 0.15) is 30.1 Å². The van der Waals surface area contributed by atoms with Gasteiger partial charge in [-0.3, -0.25) is 13.9 Å². The van der Waals surface area contributed by atoms with Crippen LogP contribution < -0.4 is 11.1 Å². The highest BCUT2D eigenvalue weighted by Gasteiger charge is 2.47. The number of aliphatic hydroxyl groups is 1. The van der Waals surface area contributed by atoms with E-state index < -0.39 is 54.6 Å². The highest BCUT2D eigenvalue weighted by atomic mass is 31.3. The molecule has 6 atom stereocenters. The number of hydrogen-bond donors (Lipinski definition) is 7. The van der Waals surface area contributed by atoms with Crippen LogP contribution >= 0.6 is 23.5 Å². The molecule has 184 valence electrons. The molecule has 19 nitrogen and oxygen atoms in total. The van der Waals surface area contributed by atoms with Gasteiger partial charge < -0.3 is 40.5 Å². The highest BCUT2D eigenvalue weighted by Crippen LogP contribution is 2.66. The van der Waals surface area contributed by atoms with E-state index in [0.717, 1.165) is 6.33 Å². The summed E-state index contributed by atoms with van der Waals surface area (Å²) in [5.74, 6) is 0.0430. The van der Waals surface area contributed by atoms with Gasteiger partial charge in [-0.1, -0.05) is 0 Å². The third-order valence-corrected chi connectivity index (χ3v) is 7.91. The van der Waals surface area contributed by atoms with Crippen molar-refractivity contribution in [3.63, 3.8) is 0 Å². The number of amides is 1. The first-order valence-corrected chi connectivity index (χ1v) is 13.0. The summed E-state index contributed by atoms with van der Waals surface area (Å²) in [4.78, 5) is 58.6. The van der Waals surface area contributed by atoms with Crippen LogP contribution in [0.25, 0.3) is 11.2 Å². The fourth-order valence-corrected chi connectivity index (χ4v) is 5.94. The zero-order valence-corrected chi connectivity index (χ0v) is 18.6. The molecule has 0 aliphatic carbocycles. The van der Waals surface area contributed by atoms with Gasteiger partial charge in [-0.2, -0.15) is 8.62 Å². The van der Waals surface area contributed by atoms with Crippen LogP contribution in [0.2, 0.25) is 0 Å². The van der Waals surface area contributed by atoms with Gasteiger partial charge in [0.25, 0.3) is 0 Å². The van der Waals surface area contributed by atoms with Crippen LogP contribution in [0.3, 0.4) is 0 Å². The quantitative estimate of drug-likeness (QED) is 0.130. The lowest BCUT2D eigenvalue weighted by atomic mass is 10.1. The van der Waals surface area contributed by atoms with Crippen LogP contribution in [0.15, 0.2) is 12.7 Å². The Morgan fingerprint density at radius 2 is 1.85 bits per heavy atom. The summed E-state index contributed by atoms with van der Waals surface area (Å²) in [7, 11) is -16.7. The fourth-order valence-electron chi connectivity index (χ4n) is 2.91. The second-order valence-electron chi connectivity index (χ2n) is 6.34. The average Bonchev–Trinajstić information content (AvgIpc) is 3.20. The molecule has 3 rings (SSSR count). The number of nitrogens with zero attached hydrogens (tertiary/aromatic N) is 4. The molecule has 2 aromatic heterocycles. The molecule has 3 heterocycles. The van der Waals surface area contributed by atoms with Gasteiger partial charge in [0, 0.05) is 0 Å². The molecule has 2 unspecified atom stereocenters. The lowest BCUT2D eigenvalue weighted by Crippen LogP contribution is -2.43. The minimum absolute atomic E-state index is 0.0430. The van der Waals surface area contributed by atoms with Crippen LogP contribution in [-0.2, 0) is 36.4 Å². The number of nitrogens with two attached hydrogens (primary N) is 1. The molecule has 0 radical (unpaired) electrons. The maximum atomic E-state index is 11.9. The molecule has 8 N–H and O–H groups in total. The van der Waals surface area contributed by atoms with Gasteiger partial charge in [-0.05, 0) is 0 Å². The van der Waals surface area contributed by atoms with Crippen molar-refractivity contribution < 1.29 is 61.1 Å².